The molecule has 1 aliphatic heterocycles. The number of hydrogen-bond acceptors (Lipinski definition) is 2. The largest absolute Gasteiger partial charge is 0.465 e. The van der Waals surface area contributed by atoms with Crippen molar-refractivity contribution in [3.05, 3.63) is 29.3 Å². The summed E-state index contributed by atoms with van der Waals surface area (Å²) in [5.74, 6) is 4.19. The van der Waals surface area contributed by atoms with Crippen LogP contribution in [0.1, 0.15) is 30.4 Å². The van der Waals surface area contributed by atoms with Crippen molar-refractivity contribution in [1.82, 2.24) is 0 Å². The van der Waals surface area contributed by atoms with Crippen LogP contribution in [-0.2, 0) is 4.74 Å². The Hall–Kier alpha value is -1.24. The van der Waals surface area contributed by atoms with Crippen molar-refractivity contribution in [2.45, 2.75) is 52.1 Å². The van der Waals surface area contributed by atoms with Crippen molar-refractivity contribution in [3.8, 4) is 17.2 Å². The summed E-state index contributed by atoms with van der Waals surface area (Å²) < 4.78 is 11.5. The maximum absolute atomic E-state index is 5.87. The average Bonchev–Trinajstić information content (AvgIpc) is 2.38. The first-order valence-electron chi connectivity index (χ1n) is 7.36. The highest BCUT2D eigenvalue weighted by molar-refractivity contribution is 6.83. The summed E-state index contributed by atoms with van der Waals surface area (Å²) in [7, 11) is -1.32. The van der Waals surface area contributed by atoms with Crippen molar-refractivity contribution in [3.63, 3.8) is 0 Å². The predicted octanol–water partition coefficient (Wildman–Crippen LogP) is 4.13. The van der Waals surface area contributed by atoms with E-state index in [2.05, 4.69) is 50.2 Å². The van der Waals surface area contributed by atoms with E-state index >= 15 is 0 Å². The zero-order valence-electron chi connectivity index (χ0n) is 13.0. The van der Waals surface area contributed by atoms with Gasteiger partial charge in [0.25, 0.3) is 0 Å². The summed E-state index contributed by atoms with van der Waals surface area (Å²) in [5, 5.41) is 0. The van der Waals surface area contributed by atoms with Crippen LogP contribution in [-0.4, -0.2) is 21.0 Å². The van der Waals surface area contributed by atoms with Crippen LogP contribution in [0, 0.1) is 18.4 Å². The second kappa shape index (κ2) is 6.47. The van der Waals surface area contributed by atoms with Crippen LogP contribution in [0.4, 0.5) is 0 Å². The van der Waals surface area contributed by atoms with Crippen molar-refractivity contribution in [2.24, 2.45) is 0 Å². The highest BCUT2D eigenvalue weighted by atomic mass is 28.3. The molecular weight excluding hydrogens is 264 g/mol. The Balaban J connectivity index is 2.06. The quantitative estimate of drug-likeness (QED) is 0.602. The van der Waals surface area contributed by atoms with Gasteiger partial charge in [-0.3, -0.25) is 0 Å². The van der Waals surface area contributed by atoms with Crippen LogP contribution in [0.25, 0.3) is 0 Å². The molecule has 1 aromatic rings. The summed E-state index contributed by atoms with van der Waals surface area (Å²) in [6.07, 6.45) is 3.23. The van der Waals surface area contributed by atoms with E-state index in [1.165, 1.54) is 12.0 Å². The molecule has 2 rings (SSSR count). The number of aryl methyl sites for hydroxylation is 1. The summed E-state index contributed by atoms with van der Waals surface area (Å²) in [6.45, 7) is 9.67. The Morgan fingerprint density at radius 3 is 2.65 bits per heavy atom. The van der Waals surface area contributed by atoms with Crippen LogP contribution in [0.5, 0.6) is 5.75 Å². The van der Waals surface area contributed by atoms with Crippen LogP contribution in [0.15, 0.2) is 18.2 Å². The minimum atomic E-state index is -1.32. The van der Waals surface area contributed by atoms with Gasteiger partial charge in [0.05, 0.1) is 6.61 Å². The van der Waals surface area contributed by atoms with Crippen molar-refractivity contribution >= 4 is 8.07 Å². The van der Waals surface area contributed by atoms with Gasteiger partial charge in [-0.25, -0.2) is 0 Å². The first-order chi connectivity index (χ1) is 9.44. The molecule has 0 amide bonds. The first kappa shape index (κ1) is 15.2. The van der Waals surface area contributed by atoms with E-state index in [9.17, 15) is 0 Å². The van der Waals surface area contributed by atoms with E-state index in [0.717, 1.165) is 30.8 Å². The molecule has 108 valence electrons. The van der Waals surface area contributed by atoms with Crippen LogP contribution in [0.3, 0.4) is 0 Å². The maximum Gasteiger partial charge on any atom is 0.199 e. The van der Waals surface area contributed by atoms with Crippen molar-refractivity contribution in [1.29, 1.82) is 0 Å². The van der Waals surface area contributed by atoms with Gasteiger partial charge in [-0.05, 0) is 43.5 Å². The van der Waals surface area contributed by atoms with Gasteiger partial charge >= 0.3 is 0 Å². The lowest BCUT2D eigenvalue weighted by Gasteiger charge is -2.23. The van der Waals surface area contributed by atoms with Crippen LogP contribution >= 0.6 is 0 Å². The Kier molecular flexibility index (Phi) is 4.90. The summed E-state index contributed by atoms with van der Waals surface area (Å²) in [6, 6.07) is 6.12. The van der Waals surface area contributed by atoms with E-state index in [-0.39, 0.29) is 6.29 Å². The molecule has 0 N–H and O–H groups in total. The molecule has 1 saturated heterocycles. The van der Waals surface area contributed by atoms with Crippen molar-refractivity contribution in [2.75, 3.05) is 6.61 Å². The lowest BCUT2D eigenvalue weighted by atomic mass is 10.1. The molecule has 0 saturated carbocycles. The number of hydrogen-bond donors (Lipinski definition) is 0. The average molecular weight is 288 g/mol. The predicted molar refractivity (Wildman–Crippen MR) is 85.6 cm³/mol. The molecule has 3 heteroatoms. The molecule has 1 aromatic carbocycles. The molecule has 0 radical (unpaired) electrons. The maximum atomic E-state index is 5.87. The smallest absolute Gasteiger partial charge is 0.199 e. The normalized spacial score (nSPS) is 19.1. The second-order valence-electron chi connectivity index (χ2n) is 6.39. The SMILES string of the molecule is Cc1cc(OC2CCCCO2)ccc1C#C[Si](C)(C)C. The summed E-state index contributed by atoms with van der Waals surface area (Å²) >= 11 is 0. The molecular formula is C17H24O2Si. The van der Waals surface area contributed by atoms with Gasteiger partial charge in [0, 0.05) is 12.0 Å². The highest BCUT2D eigenvalue weighted by Crippen LogP contribution is 2.21. The molecule has 0 spiro atoms. The van der Waals surface area contributed by atoms with E-state index in [4.69, 9.17) is 9.47 Å². The molecule has 0 aliphatic carbocycles. The fourth-order valence-corrected chi connectivity index (χ4v) is 2.57. The van der Waals surface area contributed by atoms with Crippen LogP contribution < -0.4 is 4.74 Å². The third-order valence-corrected chi connectivity index (χ3v) is 4.05. The third-order valence-electron chi connectivity index (χ3n) is 3.18. The fraction of sp³-hybridized carbons (Fsp3) is 0.529. The van der Waals surface area contributed by atoms with Gasteiger partial charge in [0.1, 0.15) is 13.8 Å². The fourth-order valence-electron chi connectivity index (χ4n) is 2.06. The van der Waals surface area contributed by atoms with Crippen LogP contribution in [0.2, 0.25) is 19.6 Å². The summed E-state index contributed by atoms with van der Waals surface area (Å²) in [5.41, 5.74) is 5.67. The molecule has 1 atom stereocenters. The molecule has 20 heavy (non-hydrogen) atoms. The molecule has 2 nitrogen and oxygen atoms in total. The summed E-state index contributed by atoms with van der Waals surface area (Å²) in [4.78, 5) is 0. The highest BCUT2D eigenvalue weighted by Gasteiger charge is 2.15. The van der Waals surface area contributed by atoms with E-state index in [0.29, 0.717) is 0 Å². The van der Waals surface area contributed by atoms with Gasteiger partial charge in [-0.1, -0.05) is 25.6 Å². The van der Waals surface area contributed by atoms with E-state index in [1.54, 1.807) is 0 Å². The van der Waals surface area contributed by atoms with E-state index in [1.807, 2.05) is 6.07 Å². The van der Waals surface area contributed by atoms with Gasteiger partial charge < -0.3 is 9.47 Å². The van der Waals surface area contributed by atoms with Crippen molar-refractivity contribution < 1.29 is 9.47 Å². The zero-order valence-corrected chi connectivity index (χ0v) is 14.0. The number of benzene rings is 1. The lowest BCUT2D eigenvalue weighted by molar-refractivity contribution is -0.105. The molecule has 0 bridgehead atoms. The minimum Gasteiger partial charge on any atom is -0.465 e. The Morgan fingerprint density at radius 2 is 2.05 bits per heavy atom. The number of ether oxygens (including phenoxy) is 2. The second-order valence-corrected chi connectivity index (χ2v) is 11.1. The third kappa shape index (κ3) is 4.70. The molecule has 1 fully saturated rings. The molecule has 0 aromatic heterocycles. The Bertz CT molecular complexity index is 514. The van der Waals surface area contributed by atoms with E-state index < -0.39 is 8.07 Å². The molecule has 1 aliphatic rings. The first-order valence-corrected chi connectivity index (χ1v) is 10.9. The lowest BCUT2D eigenvalue weighted by Crippen LogP contribution is -2.25. The van der Waals surface area contributed by atoms with Gasteiger partial charge in [0.2, 0.25) is 0 Å². The Morgan fingerprint density at radius 1 is 1.25 bits per heavy atom. The monoisotopic (exact) mass is 288 g/mol. The molecule has 1 unspecified atom stereocenters. The van der Waals surface area contributed by atoms with Gasteiger partial charge in [-0.2, -0.15) is 0 Å². The standard InChI is InChI=1S/C17H24O2Si/c1-14-13-16(19-17-7-5-6-11-18-17)9-8-15(14)10-12-20(2,3)4/h8-9,13,17H,5-7,11H2,1-4H3. The minimum absolute atomic E-state index is 0.0814. The number of rotatable bonds is 2. The Labute approximate surface area is 123 Å². The molecule has 1 heterocycles. The van der Waals surface area contributed by atoms with Gasteiger partial charge in [-0.15, -0.1) is 5.54 Å². The topological polar surface area (TPSA) is 18.5 Å². The van der Waals surface area contributed by atoms with Gasteiger partial charge in [0.15, 0.2) is 6.29 Å². The zero-order chi connectivity index (χ0) is 14.6.